The first kappa shape index (κ1) is 25.0. The average molecular weight is 539 g/mol. The summed E-state index contributed by atoms with van der Waals surface area (Å²) >= 11 is 0. The SMILES string of the molecule is C1=C(c2ccccc2)C(c2ccccc2)=C(c2ccccc2-c2ccccc2)[Si]1(c1ccccc1)c1ccccc1. The summed E-state index contributed by atoms with van der Waals surface area (Å²) in [6.07, 6.45) is 0. The quantitative estimate of drug-likeness (QED) is 0.186. The second-order valence-corrected chi connectivity index (χ2v) is 14.1. The van der Waals surface area contributed by atoms with Crippen molar-refractivity contribution in [1.82, 2.24) is 0 Å². The summed E-state index contributed by atoms with van der Waals surface area (Å²) in [6, 6.07) is 64.2. The van der Waals surface area contributed by atoms with Crippen LogP contribution in [0.5, 0.6) is 0 Å². The van der Waals surface area contributed by atoms with Gasteiger partial charge in [-0.15, -0.1) is 0 Å². The van der Waals surface area contributed by atoms with Crippen LogP contribution >= 0.6 is 0 Å². The molecule has 0 saturated heterocycles. The molecule has 0 nitrogen and oxygen atoms in total. The Morgan fingerprint density at radius 2 is 0.707 bits per heavy atom. The smallest absolute Gasteiger partial charge is 0.0733 e. The van der Waals surface area contributed by atoms with E-state index in [1.165, 1.54) is 54.5 Å². The van der Waals surface area contributed by atoms with E-state index in [9.17, 15) is 0 Å². The Balaban J connectivity index is 1.68. The minimum Gasteiger partial charge on any atom is -0.0733 e. The van der Waals surface area contributed by atoms with Gasteiger partial charge in [-0.1, -0.05) is 182 Å². The van der Waals surface area contributed by atoms with Gasteiger partial charge in [-0.05, 0) is 54.5 Å². The summed E-state index contributed by atoms with van der Waals surface area (Å²) in [7, 11) is -2.69. The molecule has 1 aliphatic heterocycles. The summed E-state index contributed by atoms with van der Waals surface area (Å²) < 4.78 is 0. The summed E-state index contributed by atoms with van der Waals surface area (Å²) in [5, 5.41) is 4.23. The molecule has 0 atom stereocenters. The first-order chi connectivity index (χ1) is 20.4. The molecule has 194 valence electrons. The molecule has 0 spiro atoms. The zero-order chi connectivity index (χ0) is 27.5. The van der Waals surface area contributed by atoms with Gasteiger partial charge in [0.2, 0.25) is 0 Å². The van der Waals surface area contributed by atoms with E-state index in [4.69, 9.17) is 0 Å². The number of allylic oxidation sites excluding steroid dienone is 2. The lowest BCUT2D eigenvalue weighted by Gasteiger charge is -2.32. The number of benzene rings is 6. The van der Waals surface area contributed by atoms with E-state index in [1.54, 1.807) is 0 Å². The van der Waals surface area contributed by atoms with Gasteiger partial charge in [0.15, 0.2) is 8.07 Å². The number of rotatable bonds is 6. The van der Waals surface area contributed by atoms with Crippen molar-refractivity contribution in [3.63, 3.8) is 0 Å². The maximum atomic E-state index is 2.66. The van der Waals surface area contributed by atoms with Gasteiger partial charge in [-0.3, -0.25) is 0 Å². The van der Waals surface area contributed by atoms with Crippen molar-refractivity contribution in [1.29, 1.82) is 0 Å². The Kier molecular flexibility index (Phi) is 6.64. The molecule has 0 radical (unpaired) electrons. The van der Waals surface area contributed by atoms with Crippen molar-refractivity contribution in [3.05, 3.63) is 198 Å². The van der Waals surface area contributed by atoms with E-state index in [1.807, 2.05) is 0 Å². The maximum Gasteiger partial charge on any atom is 0.174 e. The predicted molar refractivity (Wildman–Crippen MR) is 177 cm³/mol. The summed E-state index contributed by atoms with van der Waals surface area (Å²) in [5.41, 5.74) is 11.6. The molecule has 0 aromatic heterocycles. The fourth-order valence-electron chi connectivity index (χ4n) is 6.38. The van der Waals surface area contributed by atoms with Crippen molar-refractivity contribution < 1.29 is 0 Å². The minimum absolute atomic E-state index is 1.24. The van der Waals surface area contributed by atoms with E-state index < -0.39 is 8.07 Å². The number of hydrogen-bond acceptors (Lipinski definition) is 0. The van der Waals surface area contributed by atoms with Gasteiger partial charge < -0.3 is 0 Å². The van der Waals surface area contributed by atoms with Crippen molar-refractivity contribution in [3.8, 4) is 11.1 Å². The molecule has 0 bridgehead atoms. The molecule has 6 aromatic rings. The Hall–Kier alpha value is -4.98. The Bertz CT molecular complexity index is 1800. The first-order valence-corrected chi connectivity index (χ1v) is 16.3. The monoisotopic (exact) mass is 538 g/mol. The van der Waals surface area contributed by atoms with Crippen molar-refractivity contribution in [2.45, 2.75) is 0 Å². The molecular weight excluding hydrogens is 509 g/mol. The average Bonchev–Trinajstić information content (AvgIpc) is 3.44. The van der Waals surface area contributed by atoms with Crippen LogP contribution in [0.4, 0.5) is 0 Å². The highest BCUT2D eigenvalue weighted by molar-refractivity contribution is 7.21. The highest BCUT2D eigenvalue weighted by Gasteiger charge is 2.47. The van der Waals surface area contributed by atoms with Crippen LogP contribution in [-0.2, 0) is 0 Å². The van der Waals surface area contributed by atoms with E-state index >= 15 is 0 Å². The summed E-state index contributed by atoms with van der Waals surface area (Å²) in [4.78, 5) is 0. The molecule has 0 amide bonds. The second kappa shape index (κ2) is 10.9. The van der Waals surface area contributed by atoms with Gasteiger partial charge in [0.1, 0.15) is 0 Å². The first-order valence-electron chi connectivity index (χ1n) is 14.2. The molecule has 41 heavy (non-hydrogen) atoms. The van der Waals surface area contributed by atoms with Gasteiger partial charge in [0.05, 0.1) is 0 Å². The normalized spacial score (nSPS) is 14.1. The minimum atomic E-state index is -2.69. The van der Waals surface area contributed by atoms with Crippen LogP contribution in [0.15, 0.2) is 182 Å². The lowest BCUT2D eigenvalue weighted by atomic mass is 9.90. The molecule has 0 unspecified atom stereocenters. The highest BCUT2D eigenvalue weighted by Crippen LogP contribution is 2.50. The van der Waals surface area contributed by atoms with E-state index in [2.05, 4.69) is 182 Å². The fraction of sp³-hybridized carbons (Fsp3) is 0. The van der Waals surface area contributed by atoms with Crippen LogP contribution in [0, 0.1) is 0 Å². The van der Waals surface area contributed by atoms with Crippen molar-refractivity contribution >= 4 is 34.8 Å². The molecule has 1 heteroatoms. The van der Waals surface area contributed by atoms with Crippen LogP contribution in [0.2, 0.25) is 0 Å². The molecule has 0 saturated carbocycles. The van der Waals surface area contributed by atoms with Crippen molar-refractivity contribution in [2.75, 3.05) is 0 Å². The van der Waals surface area contributed by atoms with Crippen LogP contribution < -0.4 is 10.4 Å². The van der Waals surface area contributed by atoms with Crippen LogP contribution in [-0.4, -0.2) is 8.07 Å². The van der Waals surface area contributed by atoms with Crippen LogP contribution in [0.25, 0.3) is 27.5 Å². The van der Waals surface area contributed by atoms with Gasteiger partial charge >= 0.3 is 0 Å². The van der Waals surface area contributed by atoms with Gasteiger partial charge in [-0.2, -0.15) is 0 Å². The van der Waals surface area contributed by atoms with E-state index in [0.29, 0.717) is 0 Å². The highest BCUT2D eigenvalue weighted by atomic mass is 28.3. The molecule has 7 rings (SSSR count). The van der Waals surface area contributed by atoms with E-state index in [0.717, 1.165) is 0 Å². The molecule has 0 fully saturated rings. The predicted octanol–water partition coefficient (Wildman–Crippen LogP) is 8.70. The Morgan fingerprint density at radius 1 is 0.317 bits per heavy atom. The van der Waals surface area contributed by atoms with Crippen molar-refractivity contribution in [2.24, 2.45) is 0 Å². The third kappa shape index (κ3) is 4.41. The fourth-order valence-corrected chi connectivity index (χ4v) is 11.3. The molecule has 1 aliphatic rings. The molecule has 0 aliphatic carbocycles. The largest absolute Gasteiger partial charge is 0.174 e. The zero-order valence-electron chi connectivity index (χ0n) is 22.8. The standard InChI is InChI=1S/C40H30Si/c1-6-18-31(19-7-1)36-28-16-17-29-37(36)40-39(33-22-10-3-11-23-33)38(32-20-8-2-9-21-32)30-41(40,34-24-12-4-13-25-34)35-26-14-5-15-27-35/h1-30H. The molecular formula is C40H30Si. The van der Waals surface area contributed by atoms with Gasteiger partial charge in [-0.25, -0.2) is 0 Å². The van der Waals surface area contributed by atoms with E-state index in [-0.39, 0.29) is 0 Å². The summed E-state index contributed by atoms with van der Waals surface area (Å²) in [6.45, 7) is 0. The topological polar surface area (TPSA) is 0 Å². The molecule has 1 heterocycles. The maximum absolute atomic E-state index is 2.69. The molecule has 6 aromatic carbocycles. The zero-order valence-corrected chi connectivity index (χ0v) is 23.8. The number of hydrogen-bond donors (Lipinski definition) is 0. The lowest BCUT2D eigenvalue weighted by Crippen LogP contribution is -2.57. The Labute approximate surface area is 243 Å². The summed E-state index contributed by atoms with van der Waals surface area (Å²) in [5.74, 6) is 0. The van der Waals surface area contributed by atoms with Gasteiger partial charge in [0.25, 0.3) is 0 Å². The van der Waals surface area contributed by atoms with Crippen LogP contribution in [0.1, 0.15) is 16.7 Å². The van der Waals surface area contributed by atoms with Gasteiger partial charge in [0, 0.05) is 0 Å². The third-order valence-corrected chi connectivity index (χ3v) is 12.7. The van der Waals surface area contributed by atoms with Crippen LogP contribution in [0.3, 0.4) is 0 Å². The Morgan fingerprint density at radius 3 is 1.22 bits per heavy atom. The lowest BCUT2D eigenvalue weighted by molar-refractivity contribution is 1.57. The second-order valence-electron chi connectivity index (χ2n) is 10.5. The molecule has 0 N–H and O–H groups in total. The third-order valence-electron chi connectivity index (χ3n) is 8.16.